The molecule has 0 bridgehead atoms. The number of aliphatic hydroxyl groups is 1. The molecule has 0 aliphatic carbocycles. The summed E-state index contributed by atoms with van der Waals surface area (Å²) in [6, 6.07) is 11.4. The highest BCUT2D eigenvalue weighted by atomic mass is 16.5. The predicted molar refractivity (Wildman–Crippen MR) is 73.0 cm³/mol. The fourth-order valence-corrected chi connectivity index (χ4v) is 1.90. The first-order chi connectivity index (χ1) is 9.12. The molecule has 1 aromatic carbocycles. The van der Waals surface area contributed by atoms with E-state index in [1.807, 2.05) is 24.3 Å². The lowest BCUT2D eigenvalue weighted by Gasteiger charge is -2.21. The van der Waals surface area contributed by atoms with Gasteiger partial charge in [-0.1, -0.05) is 12.1 Å². The number of ether oxygens (including phenoxy) is 1. The summed E-state index contributed by atoms with van der Waals surface area (Å²) >= 11 is 0. The second-order valence-corrected chi connectivity index (χ2v) is 4.71. The van der Waals surface area contributed by atoms with E-state index in [1.165, 1.54) is 0 Å². The molecule has 0 saturated heterocycles. The number of hydrogen-bond donors (Lipinski definition) is 2. The maximum Gasteiger partial charge on any atom is 0.136 e. The summed E-state index contributed by atoms with van der Waals surface area (Å²) < 4.78 is 10.4. The van der Waals surface area contributed by atoms with Crippen molar-refractivity contribution in [2.75, 3.05) is 13.7 Å². The van der Waals surface area contributed by atoms with Gasteiger partial charge in [0.15, 0.2) is 0 Å². The van der Waals surface area contributed by atoms with Gasteiger partial charge >= 0.3 is 0 Å². The molecule has 0 saturated carbocycles. The Morgan fingerprint density at radius 2 is 2.16 bits per heavy atom. The first-order valence-electron chi connectivity index (χ1n) is 6.22. The van der Waals surface area contributed by atoms with Crippen LogP contribution in [0.15, 0.2) is 47.1 Å². The predicted octanol–water partition coefficient (Wildman–Crippen LogP) is 2.29. The topological polar surface area (TPSA) is 54.6 Å². The van der Waals surface area contributed by atoms with E-state index in [9.17, 15) is 5.11 Å². The molecule has 2 rings (SSSR count). The molecule has 1 heterocycles. The average molecular weight is 261 g/mol. The third-order valence-corrected chi connectivity index (χ3v) is 2.98. The highest BCUT2D eigenvalue weighted by Crippen LogP contribution is 2.20. The minimum absolute atomic E-state index is 0.414. The summed E-state index contributed by atoms with van der Waals surface area (Å²) in [7, 11) is 1.65. The molecule has 0 amide bonds. The van der Waals surface area contributed by atoms with Crippen molar-refractivity contribution in [3.63, 3.8) is 0 Å². The third-order valence-electron chi connectivity index (χ3n) is 2.98. The van der Waals surface area contributed by atoms with E-state index in [4.69, 9.17) is 9.15 Å². The van der Waals surface area contributed by atoms with Crippen molar-refractivity contribution in [3.05, 3.63) is 54.0 Å². The molecule has 1 unspecified atom stereocenters. The summed E-state index contributed by atoms with van der Waals surface area (Å²) in [5.74, 6) is 1.39. The van der Waals surface area contributed by atoms with Gasteiger partial charge in [-0.05, 0) is 36.8 Å². The Morgan fingerprint density at radius 3 is 2.84 bits per heavy atom. The Kier molecular flexibility index (Phi) is 4.24. The molecular weight excluding hydrogens is 242 g/mol. The maximum absolute atomic E-state index is 10.3. The molecule has 0 spiro atoms. The molecule has 2 N–H and O–H groups in total. The molecular formula is C15H19NO3. The van der Waals surface area contributed by atoms with Crippen molar-refractivity contribution in [3.8, 4) is 5.75 Å². The van der Waals surface area contributed by atoms with Gasteiger partial charge in [-0.25, -0.2) is 0 Å². The van der Waals surface area contributed by atoms with Crippen LogP contribution in [0.4, 0.5) is 0 Å². The van der Waals surface area contributed by atoms with E-state index < -0.39 is 5.60 Å². The molecule has 4 heteroatoms. The van der Waals surface area contributed by atoms with Crippen LogP contribution in [-0.4, -0.2) is 18.8 Å². The second-order valence-electron chi connectivity index (χ2n) is 4.71. The van der Waals surface area contributed by atoms with Gasteiger partial charge in [0.25, 0.3) is 0 Å². The third kappa shape index (κ3) is 3.59. The van der Waals surface area contributed by atoms with Crippen molar-refractivity contribution in [1.82, 2.24) is 5.32 Å². The van der Waals surface area contributed by atoms with Crippen LogP contribution in [0.3, 0.4) is 0 Å². The smallest absolute Gasteiger partial charge is 0.136 e. The Hall–Kier alpha value is -1.78. The lowest BCUT2D eigenvalue weighted by atomic mass is 10.0. The molecule has 102 valence electrons. The number of methoxy groups -OCH3 is 1. The van der Waals surface area contributed by atoms with Gasteiger partial charge in [-0.15, -0.1) is 0 Å². The highest BCUT2D eigenvalue weighted by molar-refractivity contribution is 5.28. The number of furan rings is 1. The molecule has 1 atom stereocenters. The van der Waals surface area contributed by atoms with Crippen LogP contribution in [-0.2, 0) is 12.1 Å². The monoisotopic (exact) mass is 261 g/mol. The summed E-state index contributed by atoms with van der Waals surface area (Å²) in [5.41, 5.74) is 0.0946. The molecule has 1 aromatic heterocycles. The van der Waals surface area contributed by atoms with Crippen LogP contribution < -0.4 is 10.1 Å². The van der Waals surface area contributed by atoms with Crippen LogP contribution in [0.5, 0.6) is 5.75 Å². The number of rotatable bonds is 6. The summed E-state index contributed by atoms with van der Waals surface area (Å²) in [6.07, 6.45) is 1.56. The zero-order chi connectivity index (χ0) is 13.7. The molecule has 2 aromatic rings. The average Bonchev–Trinajstić information content (AvgIpc) is 2.93. The standard InChI is InChI=1S/C15H19NO3/c1-15(17,14-7-4-8-19-14)11-16-10-12-5-3-6-13(9-12)18-2/h3-9,16-17H,10-11H2,1-2H3. The molecule has 0 fully saturated rings. The summed E-state index contributed by atoms with van der Waals surface area (Å²) in [4.78, 5) is 0. The Bertz CT molecular complexity index is 506. The lowest BCUT2D eigenvalue weighted by Crippen LogP contribution is -2.34. The molecule has 19 heavy (non-hydrogen) atoms. The van der Waals surface area contributed by atoms with Gasteiger partial charge in [-0.3, -0.25) is 0 Å². The van der Waals surface area contributed by atoms with Crippen molar-refractivity contribution in [2.45, 2.75) is 19.1 Å². The van der Waals surface area contributed by atoms with Gasteiger partial charge in [0.1, 0.15) is 17.1 Å². The Morgan fingerprint density at radius 1 is 1.32 bits per heavy atom. The zero-order valence-corrected chi connectivity index (χ0v) is 11.2. The van der Waals surface area contributed by atoms with E-state index in [0.29, 0.717) is 18.8 Å². The van der Waals surface area contributed by atoms with Crippen LogP contribution in [0.1, 0.15) is 18.2 Å². The SMILES string of the molecule is COc1cccc(CNCC(C)(O)c2ccco2)c1. The summed E-state index contributed by atoms with van der Waals surface area (Å²) in [6.45, 7) is 2.80. The number of nitrogens with one attached hydrogen (secondary N) is 1. The van der Waals surface area contributed by atoms with E-state index in [1.54, 1.807) is 32.4 Å². The van der Waals surface area contributed by atoms with Gasteiger partial charge in [0.05, 0.1) is 13.4 Å². The van der Waals surface area contributed by atoms with E-state index in [-0.39, 0.29) is 0 Å². The number of hydrogen-bond acceptors (Lipinski definition) is 4. The highest BCUT2D eigenvalue weighted by Gasteiger charge is 2.25. The quantitative estimate of drug-likeness (QED) is 0.837. The fourth-order valence-electron chi connectivity index (χ4n) is 1.90. The van der Waals surface area contributed by atoms with Crippen molar-refractivity contribution in [2.24, 2.45) is 0 Å². The van der Waals surface area contributed by atoms with E-state index >= 15 is 0 Å². The van der Waals surface area contributed by atoms with Gasteiger partial charge in [0, 0.05) is 13.1 Å². The van der Waals surface area contributed by atoms with E-state index in [2.05, 4.69) is 5.32 Å². The van der Waals surface area contributed by atoms with Crippen LogP contribution >= 0.6 is 0 Å². The minimum atomic E-state index is -1.01. The van der Waals surface area contributed by atoms with Gasteiger partial charge in [-0.2, -0.15) is 0 Å². The van der Waals surface area contributed by atoms with E-state index in [0.717, 1.165) is 11.3 Å². The Labute approximate surface area is 113 Å². The van der Waals surface area contributed by atoms with Crippen LogP contribution in [0, 0.1) is 0 Å². The van der Waals surface area contributed by atoms with Crippen molar-refractivity contribution in [1.29, 1.82) is 0 Å². The normalized spacial score (nSPS) is 14.1. The molecule has 0 aliphatic heterocycles. The fraction of sp³-hybridized carbons (Fsp3) is 0.333. The molecule has 0 radical (unpaired) electrons. The Balaban J connectivity index is 1.89. The van der Waals surface area contributed by atoms with Gasteiger partial charge in [0.2, 0.25) is 0 Å². The van der Waals surface area contributed by atoms with Crippen molar-refractivity contribution >= 4 is 0 Å². The largest absolute Gasteiger partial charge is 0.497 e. The first kappa shape index (κ1) is 13.6. The van der Waals surface area contributed by atoms with Crippen LogP contribution in [0.25, 0.3) is 0 Å². The van der Waals surface area contributed by atoms with Gasteiger partial charge < -0.3 is 19.6 Å². The molecule has 4 nitrogen and oxygen atoms in total. The number of benzene rings is 1. The zero-order valence-electron chi connectivity index (χ0n) is 11.2. The maximum atomic E-state index is 10.3. The second kappa shape index (κ2) is 5.91. The van der Waals surface area contributed by atoms with Crippen molar-refractivity contribution < 1.29 is 14.3 Å². The minimum Gasteiger partial charge on any atom is -0.497 e. The first-order valence-corrected chi connectivity index (χ1v) is 6.22. The summed E-state index contributed by atoms with van der Waals surface area (Å²) in [5, 5.41) is 13.5. The molecule has 0 aliphatic rings. The van der Waals surface area contributed by atoms with Crippen LogP contribution in [0.2, 0.25) is 0 Å². The lowest BCUT2D eigenvalue weighted by molar-refractivity contribution is 0.0340.